The van der Waals surface area contributed by atoms with Gasteiger partial charge in [0, 0.05) is 17.3 Å². The van der Waals surface area contributed by atoms with Crippen molar-refractivity contribution in [1.29, 1.82) is 0 Å². The topological polar surface area (TPSA) is 80.9 Å². The van der Waals surface area contributed by atoms with Crippen molar-refractivity contribution in [3.05, 3.63) is 84.1 Å². The average molecular weight is 372 g/mol. The third kappa shape index (κ3) is 3.40. The Morgan fingerprint density at radius 2 is 1.79 bits per heavy atom. The number of hydrogen-bond donors (Lipinski definition) is 2. The van der Waals surface area contributed by atoms with E-state index in [0.29, 0.717) is 27.8 Å². The molecule has 0 saturated carbocycles. The van der Waals surface area contributed by atoms with E-state index in [0.717, 1.165) is 16.8 Å². The number of nitrogens with two attached hydrogens (primary N) is 1. The Hall–Kier alpha value is -3.80. The molecule has 0 radical (unpaired) electrons. The van der Waals surface area contributed by atoms with Gasteiger partial charge in [-0.3, -0.25) is 9.78 Å². The van der Waals surface area contributed by atoms with E-state index in [-0.39, 0.29) is 11.7 Å². The minimum absolute atomic E-state index is 0.304. The summed E-state index contributed by atoms with van der Waals surface area (Å²) in [5.41, 5.74) is 9.42. The van der Waals surface area contributed by atoms with Gasteiger partial charge in [0.1, 0.15) is 11.6 Å². The second-order valence-electron chi connectivity index (χ2n) is 6.47. The molecule has 138 valence electrons. The van der Waals surface area contributed by atoms with Crippen LogP contribution >= 0.6 is 0 Å². The predicted molar refractivity (Wildman–Crippen MR) is 108 cm³/mol. The third-order valence-corrected chi connectivity index (χ3v) is 4.49. The summed E-state index contributed by atoms with van der Waals surface area (Å²) in [4.78, 5) is 21.1. The van der Waals surface area contributed by atoms with E-state index in [2.05, 4.69) is 15.3 Å². The van der Waals surface area contributed by atoms with Gasteiger partial charge in [0.05, 0.1) is 17.4 Å². The van der Waals surface area contributed by atoms with Crippen molar-refractivity contribution in [2.24, 2.45) is 0 Å². The molecule has 28 heavy (non-hydrogen) atoms. The molecule has 0 aliphatic carbocycles. The number of hydrogen-bond acceptors (Lipinski definition) is 4. The quantitative estimate of drug-likeness (QED) is 0.552. The van der Waals surface area contributed by atoms with E-state index in [1.165, 1.54) is 18.3 Å². The van der Waals surface area contributed by atoms with Gasteiger partial charge in [-0.25, -0.2) is 9.37 Å². The van der Waals surface area contributed by atoms with Crippen LogP contribution < -0.4 is 11.1 Å². The van der Waals surface area contributed by atoms with E-state index >= 15 is 0 Å². The van der Waals surface area contributed by atoms with E-state index in [1.54, 1.807) is 24.4 Å². The molecular weight excluding hydrogens is 355 g/mol. The van der Waals surface area contributed by atoms with Gasteiger partial charge in [0.2, 0.25) is 0 Å². The van der Waals surface area contributed by atoms with Crippen LogP contribution in [0.2, 0.25) is 0 Å². The monoisotopic (exact) mass is 372 g/mol. The molecule has 0 saturated heterocycles. The van der Waals surface area contributed by atoms with E-state index in [9.17, 15) is 9.18 Å². The molecule has 0 spiro atoms. The van der Waals surface area contributed by atoms with E-state index in [1.807, 2.05) is 31.2 Å². The maximum Gasteiger partial charge on any atom is 0.257 e. The van der Waals surface area contributed by atoms with Crippen LogP contribution in [0.25, 0.3) is 21.9 Å². The summed E-state index contributed by atoms with van der Waals surface area (Å²) in [6, 6.07) is 15.4. The molecule has 1 amide bonds. The Labute approximate surface area is 161 Å². The van der Waals surface area contributed by atoms with Crippen molar-refractivity contribution in [2.45, 2.75) is 6.92 Å². The van der Waals surface area contributed by atoms with Crippen LogP contribution in [-0.2, 0) is 0 Å². The fourth-order valence-electron chi connectivity index (χ4n) is 3.03. The largest absolute Gasteiger partial charge is 0.383 e. The Balaban J connectivity index is 1.74. The fraction of sp³-hybridized carbons (Fsp3) is 0.0455. The zero-order valence-electron chi connectivity index (χ0n) is 15.1. The number of aryl methyl sites for hydroxylation is 1. The molecule has 4 rings (SSSR count). The van der Waals surface area contributed by atoms with Gasteiger partial charge in [-0.1, -0.05) is 24.3 Å². The Bertz CT molecular complexity index is 1190. The second kappa shape index (κ2) is 7.08. The smallest absolute Gasteiger partial charge is 0.257 e. The number of nitrogens with one attached hydrogen (secondary N) is 1. The minimum atomic E-state index is -0.316. The van der Waals surface area contributed by atoms with Crippen LogP contribution in [0.3, 0.4) is 0 Å². The molecule has 6 heteroatoms. The number of pyridine rings is 2. The molecule has 2 aromatic carbocycles. The number of nitrogen functional groups attached to an aromatic ring is 1. The molecule has 4 aromatic rings. The van der Waals surface area contributed by atoms with Gasteiger partial charge in [0.25, 0.3) is 5.91 Å². The van der Waals surface area contributed by atoms with Gasteiger partial charge in [-0.2, -0.15) is 0 Å². The lowest BCUT2D eigenvalue weighted by molar-refractivity contribution is 0.102. The van der Waals surface area contributed by atoms with Crippen LogP contribution in [0.5, 0.6) is 0 Å². The van der Waals surface area contributed by atoms with E-state index < -0.39 is 0 Å². The van der Waals surface area contributed by atoms with Crippen molar-refractivity contribution in [1.82, 2.24) is 9.97 Å². The summed E-state index contributed by atoms with van der Waals surface area (Å²) in [6.45, 7) is 1.87. The molecule has 0 aliphatic rings. The van der Waals surface area contributed by atoms with Gasteiger partial charge in [-0.15, -0.1) is 0 Å². The molecule has 0 aliphatic heterocycles. The zero-order valence-corrected chi connectivity index (χ0v) is 15.1. The van der Waals surface area contributed by atoms with Crippen molar-refractivity contribution in [3.63, 3.8) is 0 Å². The summed E-state index contributed by atoms with van der Waals surface area (Å²) >= 11 is 0. The van der Waals surface area contributed by atoms with Gasteiger partial charge >= 0.3 is 0 Å². The SMILES string of the molecule is Cc1ccc(NC(=O)c2cnc(N)c3cc(-c4cccc(F)c4)ccc23)cn1. The molecule has 0 fully saturated rings. The van der Waals surface area contributed by atoms with Crippen LogP contribution in [0.1, 0.15) is 16.1 Å². The van der Waals surface area contributed by atoms with Crippen LogP contribution in [0, 0.1) is 12.7 Å². The number of nitrogens with zero attached hydrogens (tertiary/aromatic N) is 2. The highest BCUT2D eigenvalue weighted by Crippen LogP contribution is 2.29. The highest BCUT2D eigenvalue weighted by atomic mass is 19.1. The number of amides is 1. The number of carbonyl (C=O) groups excluding carboxylic acids is 1. The standard InChI is InChI=1S/C22H17FN4O/c1-13-5-7-17(11-25-13)27-22(28)20-12-26-21(24)19-10-15(6-8-18(19)20)14-3-2-4-16(23)9-14/h2-12H,1H3,(H2,24,26)(H,27,28). The minimum Gasteiger partial charge on any atom is -0.383 e. The van der Waals surface area contributed by atoms with Gasteiger partial charge in [0.15, 0.2) is 0 Å². The molecule has 5 nitrogen and oxygen atoms in total. The first-order valence-corrected chi connectivity index (χ1v) is 8.69. The molecule has 0 atom stereocenters. The predicted octanol–water partition coefficient (Wildman–Crippen LogP) is 4.58. The number of rotatable bonds is 3. The summed E-state index contributed by atoms with van der Waals surface area (Å²) in [5, 5.41) is 4.13. The highest BCUT2D eigenvalue weighted by Gasteiger charge is 2.14. The molecule has 3 N–H and O–H groups in total. The summed E-state index contributed by atoms with van der Waals surface area (Å²) in [6.07, 6.45) is 3.05. The molecular formula is C22H17FN4O. The lowest BCUT2D eigenvalue weighted by Gasteiger charge is -2.11. The molecule has 0 unspecified atom stereocenters. The lowest BCUT2D eigenvalue weighted by Crippen LogP contribution is -2.13. The first kappa shape index (κ1) is 17.6. The van der Waals surface area contributed by atoms with Crippen LogP contribution in [-0.4, -0.2) is 15.9 Å². The van der Waals surface area contributed by atoms with Gasteiger partial charge in [-0.05, 0) is 53.8 Å². The molecule has 2 aromatic heterocycles. The number of halogens is 1. The summed E-state index contributed by atoms with van der Waals surface area (Å²) in [5.74, 6) is -0.313. The first-order valence-electron chi connectivity index (χ1n) is 8.69. The second-order valence-corrected chi connectivity index (χ2v) is 6.47. The molecule has 2 heterocycles. The van der Waals surface area contributed by atoms with E-state index in [4.69, 9.17) is 5.73 Å². The number of aromatic nitrogens is 2. The number of anilines is 2. The lowest BCUT2D eigenvalue weighted by atomic mass is 9.99. The normalized spacial score (nSPS) is 10.8. The summed E-state index contributed by atoms with van der Waals surface area (Å²) in [7, 11) is 0. The van der Waals surface area contributed by atoms with Crippen molar-refractivity contribution in [2.75, 3.05) is 11.1 Å². The first-order chi connectivity index (χ1) is 13.5. The Morgan fingerprint density at radius 1 is 0.964 bits per heavy atom. The number of benzene rings is 2. The number of carbonyl (C=O) groups is 1. The fourth-order valence-corrected chi connectivity index (χ4v) is 3.03. The average Bonchev–Trinajstić information content (AvgIpc) is 2.70. The zero-order chi connectivity index (χ0) is 19.7. The van der Waals surface area contributed by atoms with Crippen LogP contribution in [0.15, 0.2) is 67.0 Å². The Kier molecular flexibility index (Phi) is 4.45. The van der Waals surface area contributed by atoms with Crippen molar-refractivity contribution in [3.8, 4) is 11.1 Å². The Morgan fingerprint density at radius 3 is 2.54 bits per heavy atom. The maximum absolute atomic E-state index is 13.6. The van der Waals surface area contributed by atoms with Crippen molar-refractivity contribution < 1.29 is 9.18 Å². The van der Waals surface area contributed by atoms with Crippen molar-refractivity contribution >= 4 is 28.2 Å². The van der Waals surface area contributed by atoms with Gasteiger partial charge < -0.3 is 11.1 Å². The highest BCUT2D eigenvalue weighted by molar-refractivity contribution is 6.14. The third-order valence-electron chi connectivity index (χ3n) is 4.49. The maximum atomic E-state index is 13.6. The van der Waals surface area contributed by atoms with Crippen LogP contribution in [0.4, 0.5) is 15.9 Å². The molecule has 0 bridgehead atoms. The summed E-state index contributed by atoms with van der Waals surface area (Å²) < 4.78 is 13.6. The number of fused-ring (bicyclic) bond motifs is 1.